The topological polar surface area (TPSA) is 54.9 Å². The predicted octanol–water partition coefficient (Wildman–Crippen LogP) is 1.57. The van der Waals surface area contributed by atoms with Gasteiger partial charge < -0.3 is 19.3 Å². The van der Waals surface area contributed by atoms with Crippen LogP contribution in [0.25, 0.3) is 0 Å². The van der Waals surface area contributed by atoms with Gasteiger partial charge in [0.05, 0.1) is 6.04 Å². The first-order valence-electron chi connectivity index (χ1n) is 8.03. The first kappa shape index (κ1) is 14.8. The van der Waals surface area contributed by atoms with Gasteiger partial charge in [-0.1, -0.05) is 18.2 Å². The van der Waals surface area contributed by atoms with E-state index in [1.54, 1.807) is 11.1 Å². The number of hydrogen-bond donors (Lipinski definition) is 0. The maximum Gasteiger partial charge on any atom is 0.267 e. The third kappa shape index (κ3) is 2.64. The molecule has 0 saturated carbocycles. The second-order valence-electron chi connectivity index (χ2n) is 6.06. The van der Waals surface area contributed by atoms with E-state index in [-0.39, 0.29) is 18.6 Å². The van der Waals surface area contributed by atoms with Crippen LogP contribution in [0.3, 0.4) is 0 Å². The molecule has 4 rings (SSSR count). The van der Waals surface area contributed by atoms with Gasteiger partial charge in [-0.15, -0.1) is 0 Å². The summed E-state index contributed by atoms with van der Waals surface area (Å²) in [5, 5.41) is 0. The second kappa shape index (κ2) is 6.03. The minimum Gasteiger partial charge on any atom is -0.485 e. The van der Waals surface area contributed by atoms with Crippen molar-refractivity contribution in [1.29, 1.82) is 0 Å². The number of pyridine rings is 1. The molecule has 24 heavy (non-hydrogen) atoms. The number of nitrogens with zero attached hydrogens (tertiary/aromatic N) is 3. The van der Waals surface area contributed by atoms with Gasteiger partial charge in [0.25, 0.3) is 5.91 Å². The number of likely N-dealkylation sites (N-methyl/N-ethyl adjacent to an activating group) is 1. The number of carbonyl (C=O) groups is 1. The molecular weight excluding hydrogens is 306 g/mol. The largest absolute Gasteiger partial charge is 0.485 e. The summed E-state index contributed by atoms with van der Waals surface area (Å²) in [4.78, 5) is 20.9. The van der Waals surface area contributed by atoms with Crippen LogP contribution in [0.4, 0.5) is 5.82 Å². The molecular formula is C18H19N3O3. The Morgan fingerprint density at radius 2 is 1.92 bits per heavy atom. The van der Waals surface area contributed by atoms with Gasteiger partial charge in [0.1, 0.15) is 12.4 Å². The highest BCUT2D eigenvalue weighted by Crippen LogP contribution is 2.31. The maximum atomic E-state index is 12.7. The quantitative estimate of drug-likeness (QED) is 0.857. The number of ether oxygens (including phenoxy) is 2. The molecule has 2 aliphatic heterocycles. The Balaban J connectivity index is 1.36. The Morgan fingerprint density at radius 1 is 1.17 bits per heavy atom. The third-order valence-electron chi connectivity index (χ3n) is 4.51. The van der Waals surface area contributed by atoms with Crippen LogP contribution in [0.2, 0.25) is 0 Å². The molecule has 6 heteroatoms. The summed E-state index contributed by atoms with van der Waals surface area (Å²) in [6.45, 7) is 1.81. The molecule has 2 aromatic rings. The molecule has 124 valence electrons. The molecule has 1 amide bonds. The fraction of sp³-hybridized carbons (Fsp3) is 0.333. The number of para-hydroxylation sites is 2. The average molecular weight is 325 g/mol. The van der Waals surface area contributed by atoms with Crippen molar-refractivity contribution in [2.75, 3.05) is 31.6 Å². The lowest BCUT2D eigenvalue weighted by atomic mass is 10.1. The zero-order valence-electron chi connectivity index (χ0n) is 13.5. The van der Waals surface area contributed by atoms with Gasteiger partial charge in [-0.25, -0.2) is 4.98 Å². The summed E-state index contributed by atoms with van der Waals surface area (Å²) in [6, 6.07) is 13.4. The normalized spacial score (nSPS) is 19.5. The van der Waals surface area contributed by atoms with Crippen molar-refractivity contribution in [3.8, 4) is 11.5 Å². The van der Waals surface area contributed by atoms with E-state index in [1.165, 1.54) is 0 Å². The SMILES string of the molecule is CN(C(=O)C1COc2ccccc2O1)C1CN(c2ccccn2)C1. The Hall–Kier alpha value is -2.76. The van der Waals surface area contributed by atoms with E-state index in [0.717, 1.165) is 18.9 Å². The smallest absolute Gasteiger partial charge is 0.267 e. The summed E-state index contributed by atoms with van der Waals surface area (Å²) in [5.74, 6) is 2.21. The van der Waals surface area contributed by atoms with Gasteiger partial charge in [-0.2, -0.15) is 0 Å². The molecule has 0 aliphatic carbocycles. The summed E-state index contributed by atoms with van der Waals surface area (Å²) in [5.41, 5.74) is 0. The first-order valence-corrected chi connectivity index (χ1v) is 8.03. The maximum absolute atomic E-state index is 12.7. The van der Waals surface area contributed by atoms with Crippen molar-refractivity contribution < 1.29 is 14.3 Å². The lowest BCUT2D eigenvalue weighted by molar-refractivity contribution is -0.142. The Kier molecular flexibility index (Phi) is 3.72. The highest BCUT2D eigenvalue weighted by Gasteiger charge is 2.37. The fourth-order valence-electron chi connectivity index (χ4n) is 2.98. The Morgan fingerprint density at radius 3 is 2.67 bits per heavy atom. The molecule has 0 N–H and O–H groups in total. The van der Waals surface area contributed by atoms with E-state index in [9.17, 15) is 4.79 Å². The average Bonchev–Trinajstić information content (AvgIpc) is 2.60. The van der Waals surface area contributed by atoms with E-state index in [0.29, 0.717) is 11.5 Å². The van der Waals surface area contributed by atoms with Crippen molar-refractivity contribution in [1.82, 2.24) is 9.88 Å². The van der Waals surface area contributed by atoms with E-state index in [1.807, 2.05) is 49.5 Å². The number of hydrogen-bond acceptors (Lipinski definition) is 5. The van der Waals surface area contributed by atoms with Gasteiger partial charge in [0.2, 0.25) is 6.10 Å². The van der Waals surface area contributed by atoms with E-state index in [2.05, 4.69) is 9.88 Å². The van der Waals surface area contributed by atoms with Crippen LogP contribution in [0.5, 0.6) is 11.5 Å². The fourth-order valence-corrected chi connectivity index (χ4v) is 2.98. The number of aromatic nitrogens is 1. The highest BCUT2D eigenvalue weighted by molar-refractivity contribution is 5.82. The number of amides is 1. The molecule has 3 heterocycles. The van der Waals surface area contributed by atoms with Gasteiger partial charge in [-0.3, -0.25) is 4.79 Å². The van der Waals surface area contributed by atoms with Crippen LogP contribution in [-0.2, 0) is 4.79 Å². The van der Waals surface area contributed by atoms with Crippen LogP contribution < -0.4 is 14.4 Å². The van der Waals surface area contributed by atoms with E-state index >= 15 is 0 Å². The highest BCUT2D eigenvalue weighted by atomic mass is 16.6. The zero-order chi connectivity index (χ0) is 16.5. The summed E-state index contributed by atoms with van der Waals surface area (Å²) in [7, 11) is 1.83. The van der Waals surface area contributed by atoms with Crippen molar-refractivity contribution in [3.63, 3.8) is 0 Å². The number of carbonyl (C=O) groups excluding carboxylic acids is 1. The van der Waals surface area contributed by atoms with Crippen LogP contribution in [0.1, 0.15) is 0 Å². The van der Waals surface area contributed by atoms with Gasteiger partial charge >= 0.3 is 0 Å². The van der Waals surface area contributed by atoms with Crippen molar-refractivity contribution in [2.45, 2.75) is 12.1 Å². The molecule has 0 spiro atoms. The van der Waals surface area contributed by atoms with Crippen LogP contribution in [0.15, 0.2) is 48.7 Å². The second-order valence-corrected chi connectivity index (χ2v) is 6.06. The minimum atomic E-state index is -0.589. The standard InChI is InChI=1S/C18H19N3O3/c1-20(13-10-21(11-13)17-8-4-5-9-19-17)18(22)16-12-23-14-6-2-3-7-15(14)24-16/h2-9,13,16H,10-12H2,1H3. The molecule has 1 unspecified atom stereocenters. The number of benzene rings is 1. The van der Waals surface area contributed by atoms with Crippen LogP contribution in [-0.4, -0.2) is 54.7 Å². The lowest BCUT2D eigenvalue weighted by Gasteiger charge is -2.45. The molecule has 1 fully saturated rings. The lowest BCUT2D eigenvalue weighted by Crippen LogP contribution is -2.62. The molecule has 6 nitrogen and oxygen atoms in total. The first-order chi connectivity index (χ1) is 11.7. The van der Waals surface area contributed by atoms with Crippen LogP contribution in [0, 0.1) is 0 Å². The summed E-state index contributed by atoms with van der Waals surface area (Å²) in [6.07, 6.45) is 1.19. The van der Waals surface area contributed by atoms with E-state index in [4.69, 9.17) is 9.47 Å². The summed E-state index contributed by atoms with van der Waals surface area (Å²) < 4.78 is 11.4. The number of rotatable bonds is 3. The molecule has 1 aromatic carbocycles. The zero-order valence-corrected chi connectivity index (χ0v) is 13.5. The van der Waals surface area contributed by atoms with Gasteiger partial charge in [0, 0.05) is 26.3 Å². The monoisotopic (exact) mass is 325 g/mol. The van der Waals surface area contributed by atoms with Crippen molar-refractivity contribution >= 4 is 11.7 Å². The molecule has 0 radical (unpaired) electrons. The molecule has 1 aromatic heterocycles. The van der Waals surface area contributed by atoms with Gasteiger partial charge in [0.15, 0.2) is 11.5 Å². The molecule has 1 saturated heterocycles. The van der Waals surface area contributed by atoms with E-state index < -0.39 is 6.10 Å². The predicted molar refractivity (Wildman–Crippen MR) is 89.4 cm³/mol. The number of anilines is 1. The third-order valence-corrected chi connectivity index (χ3v) is 4.51. The molecule has 0 bridgehead atoms. The molecule has 2 aliphatic rings. The Labute approximate surface area is 140 Å². The Bertz CT molecular complexity index is 731. The van der Waals surface area contributed by atoms with Crippen molar-refractivity contribution in [3.05, 3.63) is 48.7 Å². The van der Waals surface area contributed by atoms with Gasteiger partial charge in [-0.05, 0) is 24.3 Å². The number of fused-ring (bicyclic) bond motifs is 1. The van der Waals surface area contributed by atoms with Crippen molar-refractivity contribution in [2.24, 2.45) is 0 Å². The minimum absolute atomic E-state index is 0.0461. The molecule has 1 atom stereocenters. The summed E-state index contributed by atoms with van der Waals surface area (Å²) >= 11 is 0. The van der Waals surface area contributed by atoms with Crippen LogP contribution >= 0.6 is 0 Å².